The number of ether oxygens (including phenoxy) is 1. The fourth-order valence-corrected chi connectivity index (χ4v) is 4.57. The van der Waals surface area contributed by atoms with Gasteiger partial charge in [0.25, 0.3) is 0 Å². The van der Waals surface area contributed by atoms with Crippen molar-refractivity contribution in [1.29, 1.82) is 0 Å². The van der Waals surface area contributed by atoms with Gasteiger partial charge >= 0.3 is 0 Å². The lowest BCUT2D eigenvalue weighted by Gasteiger charge is -2.25. The zero-order valence-electron chi connectivity index (χ0n) is 21.5. The molecule has 2 aromatic carbocycles. The summed E-state index contributed by atoms with van der Waals surface area (Å²) in [5.74, 6) is 2.28. The van der Waals surface area contributed by atoms with E-state index in [0.717, 1.165) is 60.0 Å². The maximum atomic E-state index is 6.14. The van der Waals surface area contributed by atoms with Crippen LogP contribution in [0.15, 0.2) is 48.7 Å². The highest BCUT2D eigenvalue weighted by atomic mass is 16.7. The molecule has 7 nitrogen and oxygen atoms in total. The van der Waals surface area contributed by atoms with E-state index in [2.05, 4.69) is 79.3 Å². The van der Waals surface area contributed by atoms with Gasteiger partial charge in [-0.3, -0.25) is 4.84 Å². The number of aryl methyl sites for hydroxylation is 3. The first-order valence-electron chi connectivity index (χ1n) is 12.5. The molecule has 1 atom stereocenters. The van der Waals surface area contributed by atoms with Gasteiger partial charge in [-0.05, 0) is 62.7 Å². The number of nitrogens with zero attached hydrogens (tertiary/aromatic N) is 4. The van der Waals surface area contributed by atoms with Crippen LogP contribution in [0, 0.1) is 20.8 Å². The third-order valence-corrected chi connectivity index (χ3v) is 6.51. The number of aromatic nitrogens is 2. The number of benzene rings is 2. The molecular formula is C28H37N5O2. The minimum Gasteiger partial charge on any atom is -0.492 e. The summed E-state index contributed by atoms with van der Waals surface area (Å²) >= 11 is 0. The van der Waals surface area contributed by atoms with Crippen LogP contribution in [0.25, 0.3) is 0 Å². The molecule has 186 valence electrons. The lowest BCUT2D eigenvalue weighted by Crippen LogP contribution is -2.28. The summed E-state index contributed by atoms with van der Waals surface area (Å²) in [5.41, 5.74) is 5.31. The van der Waals surface area contributed by atoms with Crippen molar-refractivity contribution < 1.29 is 9.57 Å². The molecule has 1 fully saturated rings. The van der Waals surface area contributed by atoms with Crippen LogP contribution in [0.2, 0.25) is 0 Å². The first kappa shape index (κ1) is 24.9. The van der Waals surface area contributed by atoms with Gasteiger partial charge in [-0.1, -0.05) is 44.2 Å². The Labute approximate surface area is 209 Å². The first-order valence-corrected chi connectivity index (χ1v) is 12.5. The van der Waals surface area contributed by atoms with Crippen molar-refractivity contribution >= 4 is 17.5 Å². The van der Waals surface area contributed by atoms with Gasteiger partial charge in [0.1, 0.15) is 12.4 Å². The maximum Gasteiger partial charge on any atom is 0.229 e. The Balaban J connectivity index is 1.49. The van der Waals surface area contributed by atoms with Crippen LogP contribution in [-0.2, 0) is 4.84 Å². The molecule has 0 bridgehead atoms. The topological polar surface area (TPSA) is 62.8 Å². The molecule has 1 aliphatic rings. The average molecular weight is 476 g/mol. The summed E-state index contributed by atoms with van der Waals surface area (Å²) in [7, 11) is 0. The molecule has 0 amide bonds. The van der Waals surface area contributed by atoms with E-state index in [0.29, 0.717) is 19.2 Å². The van der Waals surface area contributed by atoms with Gasteiger partial charge in [-0.15, -0.1) is 0 Å². The fraction of sp³-hybridized carbons (Fsp3) is 0.429. The van der Waals surface area contributed by atoms with Crippen molar-refractivity contribution in [1.82, 2.24) is 14.9 Å². The zero-order chi connectivity index (χ0) is 24.8. The second-order valence-corrected chi connectivity index (χ2v) is 9.01. The van der Waals surface area contributed by atoms with Gasteiger partial charge < -0.3 is 15.0 Å². The van der Waals surface area contributed by atoms with Gasteiger partial charge in [-0.25, -0.2) is 10.0 Å². The molecule has 1 saturated heterocycles. The van der Waals surface area contributed by atoms with Crippen LogP contribution in [0.3, 0.4) is 0 Å². The summed E-state index contributed by atoms with van der Waals surface area (Å²) in [6.45, 7) is 14.9. The molecule has 0 saturated carbocycles. The third kappa shape index (κ3) is 5.92. The highest BCUT2D eigenvalue weighted by Gasteiger charge is 2.30. The Kier molecular flexibility index (Phi) is 8.21. The molecule has 3 aromatic rings. The third-order valence-electron chi connectivity index (χ3n) is 6.51. The molecule has 0 unspecified atom stereocenters. The number of hydroxylamine groups is 1. The summed E-state index contributed by atoms with van der Waals surface area (Å²) in [5, 5.41) is 5.31. The standard InChI is InChI=1S/C28H37N5O2/c1-6-32(7-2)14-16-34-26-20(3)17-24(18-21(26)4)30-28-29-19-22(5)27(31-28)33-25(13-15-35-33)23-11-9-8-10-12-23/h8-12,17-19,25H,6-7,13-16H2,1-5H3,(H,29,30,31)/t25-/m0/s1. The smallest absolute Gasteiger partial charge is 0.229 e. The summed E-state index contributed by atoms with van der Waals surface area (Å²) in [6, 6.07) is 14.7. The van der Waals surface area contributed by atoms with Gasteiger partial charge in [-0.2, -0.15) is 4.98 Å². The normalized spacial score (nSPS) is 15.6. The Hall–Kier alpha value is -3.16. The number of anilines is 3. The van der Waals surface area contributed by atoms with Crippen LogP contribution in [0.5, 0.6) is 5.75 Å². The Morgan fingerprint density at radius 2 is 1.77 bits per heavy atom. The highest BCUT2D eigenvalue weighted by molar-refractivity contribution is 5.61. The number of hydrogen-bond donors (Lipinski definition) is 1. The molecule has 0 spiro atoms. The molecular weight excluding hydrogens is 438 g/mol. The molecule has 1 aromatic heterocycles. The number of rotatable bonds is 10. The van der Waals surface area contributed by atoms with Crippen LogP contribution in [0.1, 0.15) is 48.6 Å². The first-order chi connectivity index (χ1) is 17.0. The molecule has 7 heteroatoms. The van der Waals surface area contributed by atoms with Crippen molar-refractivity contribution in [2.24, 2.45) is 0 Å². The quantitative estimate of drug-likeness (QED) is 0.401. The molecule has 1 aliphatic heterocycles. The van der Waals surface area contributed by atoms with Gasteiger partial charge in [0.2, 0.25) is 5.95 Å². The predicted molar refractivity (Wildman–Crippen MR) is 141 cm³/mol. The van der Waals surface area contributed by atoms with E-state index in [4.69, 9.17) is 14.6 Å². The Morgan fingerprint density at radius 3 is 2.46 bits per heavy atom. The number of nitrogens with one attached hydrogen (secondary N) is 1. The monoisotopic (exact) mass is 475 g/mol. The minimum absolute atomic E-state index is 0.134. The van der Waals surface area contributed by atoms with Crippen molar-refractivity contribution in [3.05, 3.63) is 70.9 Å². The second kappa shape index (κ2) is 11.5. The van der Waals surface area contributed by atoms with E-state index < -0.39 is 0 Å². The lowest BCUT2D eigenvalue weighted by molar-refractivity contribution is 0.156. The molecule has 35 heavy (non-hydrogen) atoms. The van der Waals surface area contributed by atoms with Crippen LogP contribution in [-0.4, -0.2) is 47.7 Å². The molecule has 2 heterocycles. The average Bonchev–Trinajstić information content (AvgIpc) is 3.35. The van der Waals surface area contributed by atoms with E-state index in [9.17, 15) is 0 Å². The fourth-order valence-electron chi connectivity index (χ4n) is 4.57. The zero-order valence-corrected chi connectivity index (χ0v) is 21.5. The van der Waals surface area contributed by atoms with Crippen LogP contribution in [0.4, 0.5) is 17.5 Å². The SMILES string of the molecule is CCN(CC)CCOc1c(C)cc(Nc2ncc(C)c(N3OCC[C@H]3c3ccccc3)n2)cc1C. The van der Waals surface area contributed by atoms with Crippen LogP contribution >= 0.6 is 0 Å². The van der Waals surface area contributed by atoms with E-state index in [1.807, 2.05) is 24.3 Å². The summed E-state index contributed by atoms with van der Waals surface area (Å²) in [4.78, 5) is 17.7. The van der Waals surface area contributed by atoms with Crippen molar-refractivity contribution in [3.63, 3.8) is 0 Å². The van der Waals surface area contributed by atoms with Crippen molar-refractivity contribution in [2.75, 3.05) is 43.2 Å². The van der Waals surface area contributed by atoms with Gasteiger partial charge in [0, 0.05) is 30.4 Å². The van der Waals surface area contributed by atoms with Crippen molar-refractivity contribution in [2.45, 2.75) is 47.1 Å². The predicted octanol–water partition coefficient (Wildman–Crippen LogP) is 5.75. The molecule has 0 aliphatic carbocycles. The molecule has 4 rings (SSSR count). The van der Waals surface area contributed by atoms with Crippen LogP contribution < -0.4 is 15.1 Å². The molecule has 0 radical (unpaired) electrons. The van der Waals surface area contributed by atoms with E-state index >= 15 is 0 Å². The highest BCUT2D eigenvalue weighted by Crippen LogP contribution is 2.36. The number of likely N-dealkylation sites (N-methyl/N-ethyl adjacent to an activating group) is 1. The lowest BCUT2D eigenvalue weighted by atomic mass is 10.0. The van der Waals surface area contributed by atoms with Gasteiger partial charge in [0.15, 0.2) is 5.82 Å². The molecule has 1 N–H and O–H groups in total. The van der Waals surface area contributed by atoms with E-state index in [1.165, 1.54) is 5.56 Å². The largest absolute Gasteiger partial charge is 0.492 e. The van der Waals surface area contributed by atoms with Crippen molar-refractivity contribution in [3.8, 4) is 5.75 Å². The number of hydrogen-bond acceptors (Lipinski definition) is 7. The summed E-state index contributed by atoms with van der Waals surface area (Å²) in [6.07, 6.45) is 2.77. The Bertz CT molecular complexity index is 1090. The maximum absolute atomic E-state index is 6.14. The second-order valence-electron chi connectivity index (χ2n) is 9.01. The van der Waals surface area contributed by atoms with E-state index in [1.54, 1.807) is 0 Å². The minimum atomic E-state index is 0.134. The van der Waals surface area contributed by atoms with Gasteiger partial charge in [0.05, 0.1) is 12.6 Å². The summed E-state index contributed by atoms with van der Waals surface area (Å²) < 4.78 is 6.14. The van der Waals surface area contributed by atoms with E-state index in [-0.39, 0.29) is 6.04 Å². The Morgan fingerprint density at radius 1 is 1.06 bits per heavy atom.